The average molecular weight is 705 g/mol. The van der Waals surface area contributed by atoms with Crippen LogP contribution in [0.1, 0.15) is 39.5 Å². The minimum absolute atomic E-state index is 0.185. The first-order chi connectivity index (χ1) is 24.2. The largest absolute Gasteiger partial charge is 0.339 e. The number of piperazine rings is 5. The molecule has 50 heavy (non-hydrogen) atoms. The first-order valence-corrected chi connectivity index (χ1v) is 19.6. The highest BCUT2D eigenvalue weighted by molar-refractivity contribution is 5.79. The van der Waals surface area contributed by atoms with Crippen molar-refractivity contribution in [3.63, 3.8) is 0 Å². The Labute approximate surface area is 302 Å². The van der Waals surface area contributed by atoms with Crippen LogP contribution in [0, 0.1) is 0 Å². The molecule has 286 valence electrons. The molecule has 5 aliphatic heterocycles. The summed E-state index contributed by atoms with van der Waals surface area (Å²) in [6, 6.07) is 0. The molecule has 0 aromatic heterocycles. The van der Waals surface area contributed by atoms with Crippen LogP contribution in [0.25, 0.3) is 0 Å². The molecule has 0 radical (unpaired) electrons. The molecule has 5 fully saturated rings. The highest BCUT2D eigenvalue weighted by Gasteiger charge is 2.28. The van der Waals surface area contributed by atoms with E-state index >= 15 is 0 Å². The predicted octanol–water partition coefficient (Wildman–Crippen LogP) is -0.973. The standard InChI is InChI=1S/C34H62N10O4.C2H6/c1-35-11-15-37(16-12-35)7-3-31(45)41-23-27-43(28-24-41)33(47)5-9-39-19-21-40(22-20-39)10-6-34(48)44-29-25-42(26-30-44)32(46)4-8-38-17-13-36(2)14-18-38;1-2/h3-30H2,1-2H3;1-2H3. The molecule has 0 aromatic carbocycles. The summed E-state index contributed by atoms with van der Waals surface area (Å²) in [5.74, 6) is 0.790. The van der Waals surface area contributed by atoms with Crippen LogP contribution in [0.3, 0.4) is 0 Å². The third-order valence-electron chi connectivity index (χ3n) is 11.2. The van der Waals surface area contributed by atoms with E-state index in [4.69, 9.17) is 0 Å². The second-order valence-corrected chi connectivity index (χ2v) is 14.5. The summed E-state index contributed by atoms with van der Waals surface area (Å²) in [6.07, 6.45) is 2.16. The lowest BCUT2D eigenvalue weighted by atomic mass is 10.2. The highest BCUT2D eigenvalue weighted by atomic mass is 16.2. The topological polar surface area (TPSA) is 101 Å². The monoisotopic (exact) mass is 705 g/mol. The number of amides is 4. The molecule has 0 unspecified atom stereocenters. The van der Waals surface area contributed by atoms with Crippen LogP contribution < -0.4 is 0 Å². The zero-order chi connectivity index (χ0) is 35.9. The van der Waals surface area contributed by atoms with Gasteiger partial charge in [0.25, 0.3) is 0 Å². The van der Waals surface area contributed by atoms with E-state index < -0.39 is 0 Å². The van der Waals surface area contributed by atoms with E-state index in [9.17, 15) is 19.2 Å². The number of rotatable bonds is 12. The van der Waals surface area contributed by atoms with E-state index in [1.807, 2.05) is 33.4 Å². The third kappa shape index (κ3) is 13.0. The van der Waals surface area contributed by atoms with E-state index in [2.05, 4.69) is 43.5 Å². The number of nitrogens with zero attached hydrogens (tertiary/aromatic N) is 10. The predicted molar refractivity (Wildman–Crippen MR) is 197 cm³/mol. The highest BCUT2D eigenvalue weighted by Crippen LogP contribution is 2.11. The summed E-state index contributed by atoms with van der Waals surface area (Å²) in [5.41, 5.74) is 0. The van der Waals surface area contributed by atoms with Crippen molar-refractivity contribution in [2.75, 3.05) is 171 Å². The van der Waals surface area contributed by atoms with Crippen LogP contribution >= 0.6 is 0 Å². The van der Waals surface area contributed by atoms with E-state index in [1.165, 1.54) is 0 Å². The van der Waals surface area contributed by atoms with Crippen molar-refractivity contribution in [1.29, 1.82) is 0 Å². The van der Waals surface area contributed by atoms with Crippen LogP contribution in [-0.2, 0) is 19.2 Å². The smallest absolute Gasteiger partial charge is 0.223 e. The molecule has 0 N–H and O–H groups in total. The van der Waals surface area contributed by atoms with Crippen molar-refractivity contribution in [2.24, 2.45) is 0 Å². The number of likely N-dealkylation sites (N-methyl/N-ethyl adjacent to an activating group) is 2. The Bertz CT molecular complexity index is 959. The Balaban J connectivity index is 0.00000276. The summed E-state index contributed by atoms with van der Waals surface area (Å²) < 4.78 is 0. The van der Waals surface area contributed by atoms with Crippen molar-refractivity contribution in [1.82, 2.24) is 49.0 Å². The van der Waals surface area contributed by atoms with E-state index in [0.29, 0.717) is 78.0 Å². The van der Waals surface area contributed by atoms with Gasteiger partial charge in [0.15, 0.2) is 0 Å². The van der Waals surface area contributed by atoms with Crippen LogP contribution in [0.4, 0.5) is 0 Å². The molecule has 4 amide bonds. The SMILES string of the molecule is CC.CN1CCN(CCC(=O)N2CCN(C(=O)CCN3CCN(CCC(=O)N4CCN(C(=O)CCN5CCN(C)CC5)CC4)CC3)CC2)CC1. The number of carbonyl (C=O) groups excluding carboxylic acids is 4. The normalized spacial score (nSPS) is 22.7. The van der Waals surface area contributed by atoms with Crippen LogP contribution in [0.5, 0.6) is 0 Å². The minimum atomic E-state index is 0.185. The molecule has 0 bridgehead atoms. The molecule has 5 saturated heterocycles. The minimum Gasteiger partial charge on any atom is -0.339 e. The first-order valence-electron chi connectivity index (χ1n) is 19.6. The summed E-state index contributed by atoms with van der Waals surface area (Å²) in [4.78, 5) is 73.2. The first kappa shape index (κ1) is 40.4. The number of carbonyl (C=O) groups is 4. The van der Waals surface area contributed by atoms with Gasteiger partial charge in [0, 0.05) is 183 Å². The Morgan fingerprint density at radius 3 is 0.700 bits per heavy atom. The Morgan fingerprint density at radius 2 is 0.500 bits per heavy atom. The molecule has 0 aromatic rings. The summed E-state index contributed by atoms with van der Waals surface area (Å²) in [5, 5.41) is 0. The fraction of sp³-hybridized carbons (Fsp3) is 0.889. The Hall–Kier alpha value is -2.36. The molecule has 14 heteroatoms. The molecule has 5 rings (SSSR count). The third-order valence-corrected chi connectivity index (χ3v) is 11.2. The fourth-order valence-electron chi connectivity index (χ4n) is 7.44. The van der Waals surface area contributed by atoms with Crippen molar-refractivity contribution in [3.8, 4) is 0 Å². The van der Waals surface area contributed by atoms with Gasteiger partial charge in [0.05, 0.1) is 0 Å². The van der Waals surface area contributed by atoms with E-state index in [0.717, 1.165) is 105 Å². The fourth-order valence-corrected chi connectivity index (χ4v) is 7.44. The van der Waals surface area contributed by atoms with Crippen LogP contribution in [0.2, 0.25) is 0 Å². The van der Waals surface area contributed by atoms with Gasteiger partial charge in [0.2, 0.25) is 23.6 Å². The maximum absolute atomic E-state index is 12.9. The van der Waals surface area contributed by atoms with Crippen molar-refractivity contribution >= 4 is 23.6 Å². The second kappa shape index (κ2) is 21.2. The zero-order valence-electron chi connectivity index (χ0n) is 31.9. The summed E-state index contributed by atoms with van der Waals surface area (Å²) in [7, 11) is 4.28. The molecule has 14 nitrogen and oxygen atoms in total. The van der Waals surface area contributed by atoms with Gasteiger partial charge in [-0.25, -0.2) is 0 Å². The van der Waals surface area contributed by atoms with Gasteiger partial charge in [-0.15, -0.1) is 0 Å². The average Bonchev–Trinajstić information content (AvgIpc) is 3.16. The summed E-state index contributed by atoms with van der Waals surface area (Å²) >= 11 is 0. The molecule has 0 atom stereocenters. The molecule has 0 spiro atoms. The molecular formula is C36H68N10O4. The Kier molecular flexibility index (Phi) is 17.2. The molecule has 0 saturated carbocycles. The van der Waals surface area contributed by atoms with Gasteiger partial charge >= 0.3 is 0 Å². The van der Waals surface area contributed by atoms with Crippen LogP contribution in [0.15, 0.2) is 0 Å². The van der Waals surface area contributed by atoms with Gasteiger partial charge < -0.3 is 49.0 Å². The second-order valence-electron chi connectivity index (χ2n) is 14.5. The van der Waals surface area contributed by atoms with Crippen LogP contribution in [-0.4, -0.2) is 244 Å². The maximum atomic E-state index is 12.9. The lowest BCUT2D eigenvalue weighted by molar-refractivity contribution is -0.140. The molecule has 0 aliphatic carbocycles. The van der Waals surface area contributed by atoms with Crippen molar-refractivity contribution in [2.45, 2.75) is 39.5 Å². The van der Waals surface area contributed by atoms with E-state index in [-0.39, 0.29) is 23.6 Å². The lowest BCUT2D eigenvalue weighted by Crippen LogP contribution is -2.53. The molecule has 5 heterocycles. The van der Waals surface area contributed by atoms with Gasteiger partial charge in [0.1, 0.15) is 0 Å². The van der Waals surface area contributed by atoms with E-state index in [1.54, 1.807) is 0 Å². The van der Waals surface area contributed by atoms with Gasteiger partial charge in [-0.05, 0) is 14.1 Å². The zero-order valence-corrected chi connectivity index (χ0v) is 31.9. The van der Waals surface area contributed by atoms with Gasteiger partial charge in [-0.3, -0.25) is 19.2 Å². The van der Waals surface area contributed by atoms with Crippen molar-refractivity contribution in [3.05, 3.63) is 0 Å². The molecule has 5 aliphatic rings. The summed E-state index contributed by atoms with van der Waals surface area (Å²) in [6.45, 7) is 24.2. The number of hydrogen-bond donors (Lipinski definition) is 0. The quantitative estimate of drug-likeness (QED) is 0.253. The lowest BCUT2D eigenvalue weighted by Gasteiger charge is -2.38. The number of hydrogen-bond acceptors (Lipinski definition) is 10. The maximum Gasteiger partial charge on any atom is 0.223 e. The van der Waals surface area contributed by atoms with Crippen molar-refractivity contribution < 1.29 is 19.2 Å². The van der Waals surface area contributed by atoms with Gasteiger partial charge in [-0.2, -0.15) is 0 Å². The van der Waals surface area contributed by atoms with Gasteiger partial charge in [-0.1, -0.05) is 13.8 Å². The molecular weight excluding hydrogens is 636 g/mol. The Morgan fingerprint density at radius 1 is 0.320 bits per heavy atom.